The van der Waals surface area contributed by atoms with Gasteiger partial charge in [-0.05, 0) is 22.6 Å². The van der Waals surface area contributed by atoms with E-state index in [1.165, 1.54) is 0 Å². The van der Waals surface area contributed by atoms with Crippen molar-refractivity contribution in [2.45, 2.75) is 35.6 Å². The Labute approximate surface area is 89.8 Å². The monoisotopic (exact) mass is 304 g/mol. The molecule has 0 aliphatic carbocycles. The molecule has 0 radical (unpaired) electrons. The van der Waals surface area contributed by atoms with Gasteiger partial charge >= 0.3 is 0 Å². The SMILES string of the molecule is OC1CC(O)OC(CO[C@H](O)I)C1. The zero-order valence-corrected chi connectivity index (χ0v) is 9.12. The molecule has 1 aliphatic rings. The van der Waals surface area contributed by atoms with Crippen molar-refractivity contribution in [1.82, 2.24) is 0 Å². The summed E-state index contributed by atoms with van der Waals surface area (Å²) in [4.78, 5) is 0. The Morgan fingerprint density at radius 1 is 1.46 bits per heavy atom. The van der Waals surface area contributed by atoms with Gasteiger partial charge in [0.25, 0.3) is 0 Å². The maximum atomic E-state index is 9.26. The molecule has 13 heavy (non-hydrogen) atoms. The minimum absolute atomic E-state index is 0.179. The van der Waals surface area contributed by atoms with Gasteiger partial charge in [-0.3, -0.25) is 0 Å². The van der Waals surface area contributed by atoms with Crippen molar-refractivity contribution >= 4 is 22.6 Å². The molecule has 4 atom stereocenters. The standard InChI is InChI=1S/C7H13IO5/c8-7(11)12-3-5-1-4(9)2-6(10)13-5/h4-7,9-11H,1-3H2/t4?,5?,6?,7-/m0/s1. The van der Waals surface area contributed by atoms with Crippen LogP contribution in [-0.2, 0) is 9.47 Å². The molecule has 0 saturated carbocycles. The third kappa shape index (κ3) is 4.52. The fraction of sp³-hybridized carbons (Fsp3) is 1.00. The van der Waals surface area contributed by atoms with Crippen molar-refractivity contribution in [3.63, 3.8) is 0 Å². The summed E-state index contributed by atoms with van der Waals surface area (Å²) in [7, 11) is 0. The number of halogens is 1. The lowest BCUT2D eigenvalue weighted by Gasteiger charge is -2.30. The molecule has 0 aromatic heterocycles. The lowest BCUT2D eigenvalue weighted by molar-refractivity contribution is -0.207. The molecule has 1 heterocycles. The van der Waals surface area contributed by atoms with E-state index < -0.39 is 16.7 Å². The predicted molar refractivity (Wildman–Crippen MR) is 52.1 cm³/mol. The number of hydrogen-bond acceptors (Lipinski definition) is 5. The van der Waals surface area contributed by atoms with E-state index in [4.69, 9.17) is 19.7 Å². The Kier molecular flexibility index (Phi) is 4.84. The first-order chi connectivity index (χ1) is 6.08. The van der Waals surface area contributed by atoms with E-state index in [1.807, 2.05) is 0 Å². The molecule has 3 N–H and O–H groups in total. The van der Waals surface area contributed by atoms with Crippen LogP contribution in [0.5, 0.6) is 0 Å². The van der Waals surface area contributed by atoms with Crippen LogP contribution in [0.4, 0.5) is 0 Å². The maximum absolute atomic E-state index is 9.26. The summed E-state index contributed by atoms with van der Waals surface area (Å²) in [6.45, 7) is 0.179. The average molecular weight is 304 g/mol. The smallest absolute Gasteiger partial charge is 0.208 e. The Morgan fingerprint density at radius 3 is 2.69 bits per heavy atom. The van der Waals surface area contributed by atoms with Gasteiger partial charge in [0.2, 0.25) is 4.30 Å². The fourth-order valence-corrected chi connectivity index (χ4v) is 1.47. The van der Waals surface area contributed by atoms with Crippen LogP contribution >= 0.6 is 22.6 Å². The molecule has 0 amide bonds. The van der Waals surface area contributed by atoms with Gasteiger partial charge in [0.05, 0.1) is 18.8 Å². The second kappa shape index (κ2) is 5.42. The molecule has 3 unspecified atom stereocenters. The van der Waals surface area contributed by atoms with E-state index in [-0.39, 0.29) is 19.1 Å². The van der Waals surface area contributed by atoms with Crippen LogP contribution in [0.15, 0.2) is 0 Å². The molecule has 1 fully saturated rings. The zero-order valence-electron chi connectivity index (χ0n) is 6.97. The first-order valence-electron chi connectivity index (χ1n) is 4.03. The quantitative estimate of drug-likeness (QED) is 0.375. The lowest BCUT2D eigenvalue weighted by Crippen LogP contribution is -2.38. The second-order valence-electron chi connectivity index (χ2n) is 2.96. The maximum Gasteiger partial charge on any atom is 0.208 e. The van der Waals surface area contributed by atoms with E-state index >= 15 is 0 Å². The van der Waals surface area contributed by atoms with E-state index in [2.05, 4.69) is 0 Å². The van der Waals surface area contributed by atoms with E-state index in [0.29, 0.717) is 6.42 Å². The minimum atomic E-state index is -0.927. The molecule has 1 rings (SSSR count). The summed E-state index contributed by atoms with van der Waals surface area (Å²) in [5.41, 5.74) is 0. The van der Waals surface area contributed by atoms with E-state index in [1.54, 1.807) is 22.6 Å². The molecule has 0 aromatic rings. The van der Waals surface area contributed by atoms with Crippen molar-refractivity contribution < 1.29 is 24.8 Å². The number of aliphatic hydroxyl groups is 3. The first-order valence-corrected chi connectivity index (χ1v) is 5.28. The number of ether oxygens (including phenoxy) is 2. The minimum Gasteiger partial charge on any atom is -0.393 e. The van der Waals surface area contributed by atoms with Crippen LogP contribution in [0.1, 0.15) is 12.8 Å². The highest BCUT2D eigenvalue weighted by molar-refractivity contribution is 14.1. The molecule has 0 spiro atoms. The van der Waals surface area contributed by atoms with Gasteiger partial charge in [-0.25, -0.2) is 0 Å². The summed E-state index contributed by atoms with van der Waals surface area (Å²) in [5.74, 6) is 0. The molecule has 6 heteroatoms. The third-order valence-electron chi connectivity index (χ3n) is 1.78. The van der Waals surface area contributed by atoms with Gasteiger partial charge in [0, 0.05) is 12.8 Å². The van der Waals surface area contributed by atoms with Crippen molar-refractivity contribution in [2.75, 3.05) is 6.61 Å². The highest BCUT2D eigenvalue weighted by Crippen LogP contribution is 2.18. The topological polar surface area (TPSA) is 79.2 Å². The van der Waals surface area contributed by atoms with Crippen LogP contribution in [0.25, 0.3) is 0 Å². The van der Waals surface area contributed by atoms with Crippen LogP contribution in [0, 0.1) is 0 Å². The highest BCUT2D eigenvalue weighted by Gasteiger charge is 2.27. The fourth-order valence-electron chi connectivity index (χ4n) is 1.26. The van der Waals surface area contributed by atoms with E-state index in [0.717, 1.165) is 0 Å². The Hall–Kier alpha value is 0.530. The normalized spacial score (nSPS) is 37.4. The van der Waals surface area contributed by atoms with Gasteiger partial charge in [-0.2, -0.15) is 0 Å². The molecular weight excluding hydrogens is 291 g/mol. The summed E-state index contributed by atoms with van der Waals surface area (Å²) >= 11 is 1.70. The Bertz CT molecular complexity index is 144. The number of alkyl halides is 1. The van der Waals surface area contributed by atoms with Crippen molar-refractivity contribution in [1.29, 1.82) is 0 Å². The predicted octanol–water partition coefficient (Wildman–Crippen LogP) is -0.428. The molecule has 0 aromatic carbocycles. The molecule has 78 valence electrons. The van der Waals surface area contributed by atoms with Gasteiger partial charge < -0.3 is 24.8 Å². The highest BCUT2D eigenvalue weighted by atomic mass is 127. The van der Waals surface area contributed by atoms with Gasteiger partial charge in [0.15, 0.2) is 6.29 Å². The Balaban J connectivity index is 2.25. The number of hydrogen-bond donors (Lipinski definition) is 3. The van der Waals surface area contributed by atoms with Crippen LogP contribution in [0.2, 0.25) is 0 Å². The van der Waals surface area contributed by atoms with Gasteiger partial charge in [0.1, 0.15) is 0 Å². The molecule has 0 bridgehead atoms. The lowest BCUT2D eigenvalue weighted by atomic mass is 10.1. The summed E-state index contributed by atoms with van der Waals surface area (Å²) < 4.78 is 9.06. The van der Waals surface area contributed by atoms with E-state index in [9.17, 15) is 5.11 Å². The summed E-state index contributed by atoms with van der Waals surface area (Å²) in [6, 6.07) is 0. The zero-order chi connectivity index (χ0) is 9.84. The molecule has 5 nitrogen and oxygen atoms in total. The van der Waals surface area contributed by atoms with Gasteiger partial charge in [-0.1, -0.05) is 0 Å². The second-order valence-corrected chi connectivity index (χ2v) is 4.03. The third-order valence-corrected chi connectivity index (χ3v) is 2.14. The molecule has 1 aliphatic heterocycles. The van der Waals surface area contributed by atoms with Crippen LogP contribution < -0.4 is 0 Å². The number of rotatable bonds is 3. The van der Waals surface area contributed by atoms with Crippen molar-refractivity contribution in [3.8, 4) is 0 Å². The van der Waals surface area contributed by atoms with Crippen LogP contribution in [0.3, 0.4) is 0 Å². The van der Waals surface area contributed by atoms with Crippen molar-refractivity contribution in [3.05, 3.63) is 0 Å². The van der Waals surface area contributed by atoms with Gasteiger partial charge in [-0.15, -0.1) is 0 Å². The largest absolute Gasteiger partial charge is 0.393 e. The summed E-state index contributed by atoms with van der Waals surface area (Å²) in [6.07, 6.45) is -1.15. The average Bonchev–Trinajstić information content (AvgIpc) is 1.99. The van der Waals surface area contributed by atoms with Crippen molar-refractivity contribution in [2.24, 2.45) is 0 Å². The number of aliphatic hydroxyl groups excluding tert-OH is 3. The Morgan fingerprint density at radius 2 is 2.15 bits per heavy atom. The first kappa shape index (κ1) is 11.6. The van der Waals surface area contributed by atoms with Crippen LogP contribution in [-0.4, -0.2) is 44.7 Å². The summed E-state index contributed by atoms with van der Waals surface area (Å²) in [5, 5.41) is 27.2. The molecule has 1 saturated heterocycles. The molecular formula is C7H13IO5.